The molecule has 1 aliphatic heterocycles. The molecule has 0 bridgehead atoms. The first-order valence-corrected chi connectivity index (χ1v) is 8.19. The van der Waals surface area contributed by atoms with Crippen molar-refractivity contribution in [2.45, 2.75) is 27.2 Å². The number of rotatable bonds is 3. The van der Waals surface area contributed by atoms with Crippen LogP contribution in [0.2, 0.25) is 0 Å². The third kappa shape index (κ3) is 2.96. The van der Waals surface area contributed by atoms with E-state index in [0.717, 1.165) is 53.3 Å². The van der Waals surface area contributed by atoms with Crippen LogP contribution in [0.1, 0.15) is 22.0 Å². The van der Waals surface area contributed by atoms with E-state index in [0.29, 0.717) is 6.42 Å². The Labute approximate surface area is 133 Å². The minimum Gasteiger partial charge on any atom is -0.343 e. The first-order chi connectivity index (χ1) is 10.5. The molecular formula is C14H20N6OS. The number of aromatic nitrogens is 4. The summed E-state index contributed by atoms with van der Waals surface area (Å²) in [5.74, 6) is 0.167. The summed E-state index contributed by atoms with van der Waals surface area (Å²) in [5, 5.41) is 17.2. The third-order valence-corrected chi connectivity index (χ3v) is 4.93. The molecule has 0 unspecified atom stereocenters. The Morgan fingerprint density at radius 1 is 1.18 bits per heavy atom. The Morgan fingerprint density at radius 2 is 1.91 bits per heavy atom. The highest BCUT2D eigenvalue weighted by Crippen LogP contribution is 2.21. The minimum atomic E-state index is 0.167. The Balaban J connectivity index is 1.58. The zero-order chi connectivity index (χ0) is 15.7. The molecule has 0 atom stereocenters. The summed E-state index contributed by atoms with van der Waals surface area (Å²) < 4.78 is 0. The van der Waals surface area contributed by atoms with Crippen LogP contribution < -0.4 is 4.90 Å². The molecule has 1 amide bonds. The van der Waals surface area contributed by atoms with Gasteiger partial charge >= 0.3 is 0 Å². The maximum atomic E-state index is 12.5. The van der Waals surface area contributed by atoms with E-state index < -0.39 is 0 Å². The number of hydrogen-bond donors (Lipinski definition) is 1. The number of aromatic amines is 1. The number of piperazine rings is 1. The number of anilines is 1. The molecule has 8 heteroatoms. The summed E-state index contributed by atoms with van der Waals surface area (Å²) in [6, 6.07) is 0. The van der Waals surface area contributed by atoms with Gasteiger partial charge in [-0.05, 0) is 20.8 Å². The highest BCUT2D eigenvalue weighted by molar-refractivity contribution is 7.15. The van der Waals surface area contributed by atoms with E-state index in [1.165, 1.54) is 0 Å². The molecule has 0 saturated carbocycles. The van der Waals surface area contributed by atoms with E-state index in [2.05, 4.69) is 25.3 Å². The highest BCUT2D eigenvalue weighted by atomic mass is 32.1. The Morgan fingerprint density at radius 3 is 2.45 bits per heavy atom. The second kappa shape index (κ2) is 6.04. The number of aryl methyl sites for hydroxylation is 3. The van der Waals surface area contributed by atoms with E-state index in [4.69, 9.17) is 0 Å². The van der Waals surface area contributed by atoms with Crippen molar-refractivity contribution in [3.63, 3.8) is 0 Å². The zero-order valence-electron chi connectivity index (χ0n) is 13.1. The lowest BCUT2D eigenvalue weighted by atomic mass is 10.1. The summed E-state index contributed by atoms with van der Waals surface area (Å²) >= 11 is 1.60. The fourth-order valence-electron chi connectivity index (χ4n) is 2.66. The van der Waals surface area contributed by atoms with Crippen LogP contribution in [-0.4, -0.2) is 57.4 Å². The predicted molar refractivity (Wildman–Crippen MR) is 85.2 cm³/mol. The molecule has 118 valence electrons. The van der Waals surface area contributed by atoms with Crippen molar-refractivity contribution >= 4 is 22.4 Å². The molecule has 3 rings (SSSR count). The third-order valence-electron chi connectivity index (χ3n) is 4.03. The first-order valence-electron chi connectivity index (χ1n) is 7.38. The highest BCUT2D eigenvalue weighted by Gasteiger charge is 2.24. The molecule has 1 fully saturated rings. The fraction of sp³-hybridized carbons (Fsp3) is 0.571. The Hall–Kier alpha value is -1.96. The topological polar surface area (TPSA) is 78.0 Å². The summed E-state index contributed by atoms with van der Waals surface area (Å²) in [6.45, 7) is 8.92. The number of amides is 1. The minimum absolute atomic E-state index is 0.167. The van der Waals surface area contributed by atoms with Gasteiger partial charge < -0.3 is 9.80 Å². The maximum absolute atomic E-state index is 12.5. The molecule has 0 aromatic carbocycles. The lowest BCUT2D eigenvalue weighted by molar-refractivity contribution is -0.130. The molecule has 1 N–H and O–H groups in total. The van der Waals surface area contributed by atoms with Crippen LogP contribution in [-0.2, 0) is 11.2 Å². The van der Waals surface area contributed by atoms with Crippen LogP contribution in [0.25, 0.3) is 0 Å². The molecule has 22 heavy (non-hydrogen) atoms. The van der Waals surface area contributed by atoms with Gasteiger partial charge in [-0.2, -0.15) is 5.10 Å². The Kier molecular flexibility index (Phi) is 4.10. The van der Waals surface area contributed by atoms with Gasteiger partial charge in [0.05, 0.1) is 12.1 Å². The van der Waals surface area contributed by atoms with Crippen LogP contribution >= 0.6 is 11.3 Å². The molecule has 0 radical (unpaired) electrons. The lowest BCUT2D eigenvalue weighted by Crippen LogP contribution is -2.49. The summed E-state index contributed by atoms with van der Waals surface area (Å²) in [6.07, 6.45) is 0.423. The van der Waals surface area contributed by atoms with Gasteiger partial charge in [0.25, 0.3) is 0 Å². The monoisotopic (exact) mass is 320 g/mol. The zero-order valence-corrected chi connectivity index (χ0v) is 13.9. The van der Waals surface area contributed by atoms with Crippen molar-refractivity contribution < 1.29 is 4.79 Å². The normalized spacial score (nSPS) is 15.4. The number of nitrogens with zero attached hydrogens (tertiary/aromatic N) is 5. The van der Waals surface area contributed by atoms with Gasteiger partial charge in [0, 0.05) is 37.4 Å². The van der Waals surface area contributed by atoms with E-state index in [9.17, 15) is 4.79 Å². The van der Waals surface area contributed by atoms with Gasteiger partial charge in [-0.1, -0.05) is 11.3 Å². The van der Waals surface area contributed by atoms with Crippen molar-refractivity contribution in [2.24, 2.45) is 0 Å². The van der Waals surface area contributed by atoms with Crippen molar-refractivity contribution in [1.29, 1.82) is 0 Å². The van der Waals surface area contributed by atoms with Gasteiger partial charge in [0.15, 0.2) is 0 Å². The Bertz CT molecular complexity index is 651. The predicted octanol–water partition coefficient (Wildman–Crippen LogP) is 1.08. The standard InChI is InChI=1S/C14H20N6OS/c1-9-12(10(2)16-15-9)8-13(21)19-4-6-20(7-5-19)14-18-17-11(3)22-14/h4-8H2,1-3H3,(H,15,16). The summed E-state index contributed by atoms with van der Waals surface area (Å²) in [4.78, 5) is 16.6. The second-order valence-electron chi connectivity index (χ2n) is 5.56. The van der Waals surface area contributed by atoms with E-state index >= 15 is 0 Å². The number of carbonyl (C=O) groups excluding carboxylic acids is 1. The van der Waals surface area contributed by atoms with Gasteiger partial charge in [-0.25, -0.2) is 0 Å². The van der Waals surface area contributed by atoms with Crippen LogP contribution in [0.3, 0.4) is 0 Å². The first kappa shape index (κ1) is 15.0. The number of hydrogen-bond acceptors (Lipinski definition) is 6. The largest absolute Gasteiger partial charge is 0.343 e. The summed E-state index contributed by atoms with van der Waals surface area (Å²) in [7, 11) is 0. The van der Waals surface area contributed by atoms with Crippen LogP contribution in [0, 0.1) is 20.8 Å². The smallest absolute Gasteiger partial charge is 0.227 e. The molecule has 0 aliphatic carbocycles. The van der Waals surface area contributed by atoms with E-state index in [-0.39, 0.29) is 5.91 Å². The quantitative estimate of drug-likeness (QED) is 0.915. The van der Waals surface area contributed by atoms with Crippen LogP contribution in [0.5, 0.6) is 0 Å². The SMILES string of the molecule is Cc1nnc(N2CCN(C(=O)Cc3c(C)n[nH]c3C)CC2)s1. The van der Waals surface area contributed by atoms with Crippen molar-refractivity contribution in [1.82, 2.24) is 25.3 Å². The van der Waals surface area contributed by atoms with E-state index in [1.54, 1.807) is 11.3 Å². The van der Waals surface area contributed by atoms with Crippen molar-refractivity contribution in [3.05, 3.63) is 22.0 Å². The van der Waals surface area contributed by atoms with Gasteiger partial charge in [0.2, 0.25) is 11.0 Å². The van der Waals surface area contributed by atoms with Gasteiger partial charge in [-0.15, -0.1) is 10.2 Å². The van der Waals surface area contributed by atoms with Crippen LogP contribution in [0.15, 0.2) is 0 Å². The average molecular weight is 320 g/mol. The van der Waals surface area contributed by atoms with E-state index in [1.807, 2.05) is 25.7 Å². The maximum Gasteiger partial charge on any atom is 0.227 e. The van der Waals surface area contributed by atoms with Crippen molar-refractivity contribution in [3.8, 4) is 0 Å². The second-order valence-corrected chi connectivity index (χ2v) is 6.72. The summed E-state index contributed by atoms with van der Waals surface area (Å²) in [5.41, 5.74) is 2.91. The molecule has 0 spiro atoms. The molecule has 2 aromatic rings. The van der Waals surface area contributed by atoms with Gasteiger partial charge in [-0.3, -0.25) is 9.89 Å². The molecular weight excluding hydrogens is 300 g/mol. The molecule has 2 aromatic heterocycles. The molecule has 7 nitrogen and oxygen atoms in total. The van der Waals surface area contributed by atoms with Crippen molar-refractivity contribution in [2.75, 3.05) is 31.1 Å². The van der Waals surface area contributed by atoms with Crippen LogP contribution in [0.4, 0.5) is 5.13 Å². The molecule has 3 heterocycles. The molecule has 1 saturated heterocycles. The number of H-pyrrole nitrogens is 1. The fourth-order valence-corrected chi connectivity index (χ4v) is 3.40. The average Bonchev–Trinajstić information content (AvgIpc) is 3.08. The molecule has 1 aliphatic rings. The lowest BCUT2D eigenvalue weighted by Gasteiger charge is -2.34. The number of carbonyl (C=O) groups is 1. The van der Waals surface area contributed by atoms with Gasteiger partial charge in [0.1, 0.15) is 5.01 Å². The number of nitrogens with one attached hydrogen (secondary N) is 1.